The molecule has 12 heteroatoms. The summed E-state index contributed by atoms with van der Waals surface area (Å²) in [5, 5.41) is 3.52. The third-order valence-electron chi connectivity index (χ3n) is 5.79. The van der Waals surface area contributed by atoms with Crippen LogP contribution in [0.1, 0.15) is 32.8 Å². The van der Waals surface area contributed by atoms with Crippen LogP contribution in [-0.2, 0) is 26.2 Å². The number of methoxy groups -OCH3 is 2. The topological polar surface area (TPSA) is 105 Å². The molecule has 2 amide bonds. The molecule has 2 aromatic rings. The van der Waals surface area contributed by atoms with E-state index in [1.807, 2.05) is 13.8 Å². The first-order valence-electron chi connectivity index (χ1n) is 12.0. The highest BCUT2D eigenvalue weighted by Gasteiger charge is 2.32. The van der Waals surface area contributed by atoms with Crippen LogP contribution in [0.25, 0.3) is 0 Å². The van der Waals surface area contributed by atoms with Crippen molar-refractivity contribution in [1.82, 2.24) is 10.2 Å². The molecule has 0 heterocycles. The van der Waals surface area contributed by atoms with Gasteiger partial charge in [0, 0.05) is 34.8 Å². The summed E-state index contributed by atoms with van der Waals surface area (Å²) < 4.78 is 37.1. The Morgan fingerprint density at radius 2 is 1.63 bits per heavy atom. The number of amides is 2. The maximum atomic E-state index is 13.8. The Morgan fingerprint density at radius 3 is 2.13 bits per heavy atom. The molecule has 38 heavy (non-hydrogen) atoms. The van der Waals surface area contributed by atoms with Crippen LogP contribution in [0.3, 0.4) is 0 Å². The second-order valence-corrected chi connectivity index (χ2v) is 11.8. The first-order valence-corrected chi connectivity index (χ1v) is 14.6. The Morgan fingerprint density at radius 1 is 1.03 bits per heavy atom. The van der Waals surface area contributed by atoms with Gasteiger partial charge < -0.3 is 19.7 Å². The van der Waals surface area contributed by atoms with E-state index in [4.69, 9.17) is 32.7 Å². The van der Waals surface area contributed by atoms with E-state index in [0.717, 1.165) is 10.6 Å². The molecule has 0 radical (unpaired) electrons. The predicted molar refractivity (Wildman–Crippen MR) is 151 cm³/mol. The summed E-state index contributed by atoms with van der Waals surface area (Å²) in [4.78, 5) is 28.3. The Labute approximate surface area is 235 Å². The zero-order valence-corrected chi connectivity index (χ0v) is 24.8. The Hall–Kier alpha value is -2.69. The molecular formula is C26H35Cl2N3O6S. The molecular weight excluding hydrogens is 553 g/mol. The van der Waals surface area contributed by atoms with Gasteiger partial charge in [0.25, 0.3) is 0 Å². The summed E-state index contributed by atoms with van der Waals surface area (Å²) in [5.41, 5.74) is 0.655. The largest absolute Gasteiger partial charge is 0.493 e. The van der Waals surface area contributed by atoms with E-state index in [2.05, 4.69) is 5.32 Å². The van der Waals surface area contributed by atoms with Gasteiger partial charge in [-0.05, 0) is 36.6 Å². The summed E-state index contributed by atoms with van der Waals surface area (Å²) in [6.07, 6.45) is 1.28. The van der Waals surface area contributed by atoms with Gasteiger partial charge in [-0.2, -0.15) is 0 Å². The van der Waals surface area contributed by atoms with Gasteiger partial charge >= 0.3 is 0 Å². The van der Waals surface area contributed by atoms with Gasteiger partial charge in [-0.1, -0.05) is 50.0 Å². The van der Waals surface area contributed by atoms with E-state index in [-0.39, 0.29) is 30.5 Å². The number of nitrogens with zero attached hydrogens (tertiary/aromatic N) is 2. The summed E-state index contributed by atoms with van der Waals surface area (Å²) in [6.45, 7) is 5.46. The fourth-order valence-electron chi connectivity index (χ4n) is 3.79. The minimum atomic E-state index is -3.92. The van der Waals surface area contributed by atoms with Crippen LogP contribution >= 0.6 is 23.2 Å². The smallest absolute Gasteiger partial charge is 0.244 e. The van der Waals surface area contributed by atoms with Crippen LogP contribution in [0.5, 0.6) is 11.5 Å². The summed E-state index contributed by atoms with van der Waals surface area (Å²) in [5.74, 6) is -0.0592. The molecule has 0 aliphatic rings. The average molecular weight is 589 g/mol. The molecule has 0 saturated carbocycles. The van der Waals surface area contributed by atoms with E-state index in [1.54, 1.807) is 31.2 Å². The van der Waals surface area contributed by atoms with Gasteiger partial charge in [-0.15, -0.1) is 0 Å². The van der Waals surface area contributed by atoms with Crippen LogP contribution in [0, 0.1) is 5.92 Å². The Kier molecular flexibility index (Phi) is 11.5. The number of carbonyl (C=O) groups is 2. The van der Waals surface area contributed by atoms with Gasteiger partial charge in [0.1, 0.15) is 12.6 Å². The first kappa shape index (κ1) is 31.5. The molecule has 0 spiro atoms. The number of ether oxygens (including phenoxy) is 2. The van der Waals surface area contributed by atoms with Crippen molar-refractivity contribution in [3.05, 3.63) is 52.0 Å². The highest BCUT2D eigenvalue weighted by molar-refractivity contribution is 7.92. The first-order chi connectivity index (χ1) is 17.8. The van der Waals surface area contributed by atoms with Crippen LogP contribution in [-0.4, -0.2) is 64.7 Å². The molecule has 0 unspecified atom stereocenters. The maximum absolute atomic E-state index is 13.8. The molecule has 2 rings (SSSR count). The van der Waals surface area contributed by atoms with Gasteiger partial charge in [-0.25, -0.2) is 8.42 Å². The monoisotopic (exact) mass is 587 g/mol. The molecule has 0 saturated heterocycles. The summed E-state index contributed by atoms with van der Waals surface area (Å²) in [7, 11) is -1.03. The third-order valence-corrected chi connectivity index (χ3v) is 7.64. The maximum Gasteiger partial charge on any atom is 0.244 e. The van der Waals surface area contributed by atoms with Crippen molar-refractivity contribution in [2.24, 2.45) is 5.92 Å². The highest BCUT2D eigenvalue weighted by Crippen LogP contribution is 2.33. The van der Waals surface area contributed by atoms with Gasteiger partial charge in [0.05, 0.1) is 26.2 Å². The number of hydrogen-bond acceptors (Lipinski definition) is 6. The summed E-state index contributed by atoms with van der Waals surface area (Å²) in [6, 6.07) is 8.59. The molecule has 0 aliphatic heterocycles. The minimum absolute atomic E-state index is 0.0888. The fraction of sp³-hybridized carbons (Fsp3) is 0.462. The van der Waals surface area contributed by atoms with Gasteiger partial charge in [0.2, 0.25) is 21.8 Å². The molecule has 210 valence electrons. The number of sulfonamides is 1. The lowest BCUT2D eigenvalue weighted by Gasteiger charge is -2.33. The van der Waals surface area contributed by atoms with E-state index in [1.165, 1.54) is 31.3 Å². The van der Waals surface area contributed by atoms with Crippen molar-refractivity contribution in [2.45, 2.75) is 39.8 Å². The lowest BCUT2D eigenvalue weighted by Crippen LogP contribution is -2.52. The van der Waals surface area contributed by atoms with Gasteiger partial charge in [0.15, 0.2) is 11.5 Å². The number of nitrogens with one attached hydrogen (secondary N) is 1. The number of halogens is 2. The SMILES string of the molecule is CC[C@@H](C(=O)NCC(C)C)N(Cc1c(Cl)cccc1Cl)C(=O)CN(c1ccc(OC)c(OC)c1)S(C)(=O)=O. The van der Waals surface area contributed by atoms with Crippen molar-refractivity contribution < 1.29 is 27.5 Å². The van der Waals surface area contributed by atoms with E-state index in [0.29, 0.717) is 33.7 Å². The number of anilines is 1. The lowest BCUT2D eigenvalue weighted by atomic mass is 10.1. The zero-order chi connectivity index (χ0) is 28.6. The molecule has 1 atom stereocenters. The van der Waals surface area contributed by atoms with Crippen LogP contribution in [0.15, 0.2) is 36.4 Å². The number of hydrogen-bond donors (Lipinski definition) is 1. The Bertz CT molecular complexity index is 1220. The quantitative estimate of drug-likeness (QED) is 0.373. The molecule has 9 nitrogen and oxygen atoms in total. The second-order valence-electron chi connectivity index (χ2n) is 9.09. The van der Waals surface area contributed by atoms with Crippen molar-refractivity contribution in [1.29, 1.82) is 0 Å². The van der Waals surface area contributed by atoms with Crippen LogP contribution < -0.4 is 19.1 Å². The van der Waals surface area contributed by atoms with Crippen molar-refractivity contribution >= 4 is 50.7 Å². The molecule has 0 bridgehead atoms. The zero-order valence-electron chi connectivity index (χ0n) is 22.5. The Balaban J connectivity index is 2.53. The van der Waals surface area contributed by atoms with Crippen LogP contribution in [0.2, 0.25) is 10.0 Å². The predicted octanol–water partition coefficient (Wildman–Crippen LogP) is 4.36. The van der Waals surface area contributed by atoms with E-state index < -0.39 is 28.5 Å². The van der Waals surface area contributed by atoms with Crippen LogP contribution in [0.4, 0.5) is 5.69 Å². The van der Waals surface area contributed by atoms with E-state index in [9.17, 15) is 18.0 Å². The minimum Gasteiger partial charge on any atom is -0.493 e. The molecule has 2 aromatic carbocycles. The normalized spacial score (nSPS) is 12.1. The average Bonchev–Trinajstić information content (AvgIpc) is 2.86. The van der Waals surface area contributed by atoms with Crippen molar-refractivity contribution in [2.75, 3.05) is 37.9 Å². The second kappa shape index (κ2) is 13.9. The lowest BCUT2D eigenvalue weighted by molar-refractivity contribution is -0.140. The molecule has 0 fully saturated rings. The van der Waals surface area contributed by atoms with Gasteiger partial charge in [-0.3, -0.25) is 13.9 Å². The van der Waals surface area contributed by atoms with Crippen molar-refractivity contribution in [3.8, 4) is 11.5 Å². The number of rotatable bonds is 13. The van der Waals surface area contributed by atoms with E-state index >= 15 is 0 Å². The number of benzene rings is 2. The summed E-state index contributed by atoms with van der Waals surface area (Å²) >= 11 is 12.8. The fourth-order valence-corrected chi connectivity index (χ4v) is 5.15. The standard InChI is InChI=1S/C26H35Cl2N3O6S/c1-7-22(26(33)29-14-17(2)3)30(15-19-20(27)9-8-10-21(19)28)25(32)16-31(38(6,34)35)18-11-12-23(36-4)24(13-18)37-5/h8-13,17,22H,7,14-16H2,1-6H3,(H,29,33)/t22-/m0/s1. The molecule has 0 aromatic heterocycles. The third kappa shape index (κ3) is 8.15. The highest BCUT2D eigenvalue weighted by atomic mass is 35.5. The molecule has 0 aliphatic carbocycles. The number of carbonyl (C=O) groups excluding carboxylic acids is 2. The molecule has 1 N–H and O–H groups in total. The van der Waals surface area contributed by atoms with Crippen molar-refractivity contribution in [3.63, 3.8) is 0 Å².